The summed E-state index contributed by atoms with van der Waals surface area (Å²) in [5.74, 6) is -10.6. The van der Waals surface area contributed by atoms with Crippen molar-refractivity contribution in [2.75, 3.05) is 5.32 Å². The van der Waals surface area contributed by atoms with Gasteiger partial charge in [0, 0.05) is 30.3 Å². The summed E-state index contributed by atoms with van der Waals surface area (Å²) in [4.78, 5) is 29.2. The molecule has 42 heavy (non-hydrogen) atoms. The highest BCUT2D eigenvalue weighted by molar-refractivity contribution is 7.21. The predicted octanol–water partition coefficient (Wildman–Crippen LogP) is 6.02. The molecule has 0 spiro atoms. The van der Waals surface area contributed by atoms with E-state index in [0.717, 1.165) is 12.1 Å². The van der Waals surface area contributed by atoms with Crippen LogP contribution < -0.4 is 15.8 Å². The summed E-state index contributed by atoms with van der Waals surface area (Å²) < 4.78 is 93.7. The lowest BCUT2D eigenvalue weighted by Gasteiger charge is -2.10. The topological polar surface area (TPSA) is 125 Å². The minimum atomic E-state index is -2.95. The number of nitrogens with one attached hydrogen (secondary N) is 1. The van der Waals surface area contributed by atoms with Crippen LogP contribution in [0.15, 0.2) is 34.9 Å². The fourth-order valence-corrected chi connectivity index (χ4v) is 5.19. The smallest absolute Gasteiger partial charge is 0.291 e. The molecule has 0 aliphatic heterocycles. The van der Waals surface area contributed by atoms with Gasteiger partial charge in [-0.2, -0.15) is 13.9 Å². The molecule has 2 amide bonds. The molecule has 9 nitrogen and oxygen atoms in total. The maximum absolute atomic E-state index is 13.9. The zero-order chi connectivity index (χ0) is 30.5. The second-order valence-electron chi connectivity index (χ2n) is 8.85. The van der Waals surface area contributed by atoms with Crippen molar-refractivity contribution in [1.29, 1.82) is 0 Å². The van der Waals surface area contributed by atoms with Crippen LogP contribution in [0.3, 0.4) is 0 Å². The zero-order valence-corrected chi connectivity index (χ0v) is 22.2. The summed E-state index contributed by atoms with van der Waals surface area (Å²) >= 11 is 0.694. The van der Waals surface area contributed by atoms with E-state index in [0.29, 0.717) is 22.6 Å². The van der Waals surface area contributed by atoms with E-state index < -0.39 is 59.6 Å². The molecule has 4 aromatic heterocycles. The van der Waals surface area contributed by atoms with Gasteiger partial charge in [0.1, 0.15) is 27.8 Å². The summed E-state index contributed by atoms with van der Waals surface area (Å²) in [6, 6.07) is 3.50. The molecule has 5 rings (SSSR count). The summed E-state index contributed by atoms with van der Waals surface area (Å²) in [5, 5.41) is 6.88. The van der Waals surface area contributed by atoms with Gasteiger partial charge in [0.15, 0.2) is 23.1 Å². The Hall–Kier alpha value is -4.86. The number of nitrogens with zero attached hydrogens (tertiary/aromatic N) is 3. The fourth-order valence-electron chi connectivity index (χ4n) is 4.17. The van der Waals surface area contributed by atoms with Crippen LogP contribution in [-0.2, 0) is 13.7 Å². The van der Waals surface area contributed by atoms with Crippen molar-refractivity contribution < 1.29 is 45.1 Å². The Morgan fingerprint density at radius 1 is 1.12 bits per heavy atom. The third-order valence-electron chi connectivity index (χ3n) is 5.99. The average molecular weight is 610 g/mol. The number of fused-ring (bicyclic) bond motifs is 1. The minimum absolute atomic E-state index is 0.00457. The number of aromatic nitrogens is 3. The Kier molecular flexibility index (Phi) is 7.40. The van der Waals surface area contributed by atoms with Gasteiger partial charge in [0.2, 0.25) is 11.6 Å². The van der Waals surface area contributed by atoms with Gasteiger partial charge < -0.3 is 20.2 Å². The van der Waals surface area contributed by atoms with Crippen molar-refractivity contribution >= 4 is 39.1 Å². The molecule has 0 atom stereocenters. The highest BCUT2D eigenvalue weighted by atomic mass is 32.1. The third-order valence-corrected chi connectivity index (χ3v) is 7.09. The van der Waals surface area contributed by atoms with Gasteiger partial charge in [-0.05, 0) is 30.7 Å². The molecule has 0 saturated heterocycles. The van der Waals surface area contributed by atoms with Crippen molar-refractivity contribution in [3.63, 3.8) is 0 Å². The molecule has 4 heterocycles. The summed E-state index contributed by atoms with van der Waals surface area (Å²) in [5.41, 5.74) is 5.95. The number of primary amides is 1. The van der Waals surface area contributed by atoms with Crippen LogP contribution >= 0.6 is 11.3 Å². The fraction of sp³-hybridized carbons (Fsp3) is 0.154. The molecule has 16 heteroatoms. The molecule has 0 unspecified atom stereocenters. The molecule has 3 N–H and O–H groups in total. The predicted molar refractivity (Wildman–Crippen MR) is 137 cm³/mol. The molecule has 0 bridgehead atoms. The van der Waals surface area contributed by atoms with Crippen LogP contribution in [0.4, 0.5) is 32.0 Å². The van der Waals surface area contributed by atoms with Gasteiger partial charge in [0.05, 0.1) is 11.4 Å². The van der Waals surface area contributed by atoms with Gasteiger partial charge >= 0.3 is 0 Å². The van der Waals surface area contributed by atoms with Gasteiger partial charge in [-0.25, -0.2) is 22.5 Å². The summed E-state index contributed by atoms with van der Waals surface area (Å²) in [6.45, 7) is 0.925. The number of amides is 2. The van der Waals surface area contributed by atoms with Crippen LogP contribution in [0.25, 0.3) is 21.3 Å². The molecule has 0 radical (unpaired) electrons. The van der Waals surface area contributed by atoms with E-state index in [1.165, 1.54) is 10.7 Å². The second-order valence-corrected chi connectivity index (χ2v) is 9.85. The normalized spacial score (nSPS) is 11.5. The number of benzene rings is 1. The van der Waals surface area contributed by atoms with Crippen LogP contribution in [0, 0.1) is 30.2 Å². The number of pyridine rings is 1. The third kappa shape index (κ3) is 5.15. The molecule has 0 fully saturated rings. The lowest BCUT2D eigenvalue weighted by atomic mass is 10.0. The Balaban J connectivity index is 1.50. The second kappa shape index (κ2) is 10.8. The SMILES string of the molecule is Cc1nn(C)cc1-c1cc(C(F)F)nc2sc(C(N)=O)c(NC(=O)c3ccc(COc4c(F)c(F)cc(F)c4F)o3)c12. The van der Waals surface area contributed by atoms with Gasteiger partial charge in [-0.15, -0.1) is 11.3 Å². The first kappa shape index (κ1) is 28.7. The van der Waals surface area contributed by atoms with E-state index in [-0.39, 0.29) is 43.9 Å². The maximum Gasteiger partial charge on any atom is 0.291 e. The van der Waals surface area contributed by atoms with Crippen molar-refractivity contribution in [2.45, 2.75) is 20.0 Å². The Labute approximate surface area is 235 Å². The quantitative estimate of drug-likeness (QED) is 0.164. The van der Waals surface area contributed by atoms with Crippen molar-refractivity contribution in [3.05, 3.63) is 81.5 Å². The number of aryl methyl sites for hydroxylation is 2. The number of carbonyl (C=O) groups excluding carboxylic acids is 2. The lowest BCUT2D eigenvalue weighted by molar-refractivity contribution is 0.0992. The molecule has 218 valence electrons. The molecule has 0 aliphatic rings. The number of ether oxygens (including phenoxy) is 1. The number of carbonyl (C=O) groups is 2. The van der Waals surface area contributed by atoms with Gasteiger partial charge in [-0.3, -0.25) is 14.3 Å². The largest absolute Gasteiger partial charge is 0.479 e. The lowest BCUT2D eigenvalue weighted by Crippen LogP contribution is -2.16. The molecular weight excluding hydrogens is 592 g/mol. The van der Waals surface area contributed by atoms with E-state index >= 15 is 0 Å². The number of halogens is 6. The Bertz CT molecular complexity index is 1860. The summed E-state index contributed by atoms with van der Waals surface area (Å²) in [6.07, 6.45) is -1.38. The zero-order valence-electron chi connectivity index (χ0n) is 21.4. The Morgan fingerprint density at radius 3 is 2.40 bits per heavy atom. The van der Waals surface area contributed by atoms with Crippen molar-refractivity contribution in [3.8, 4) is 16.9 Å². The van der Waals surface area contributed by atoms with Gasteiger partial charge in [0.25, 0.3) is 18.2 Å². The highest BCUT2D eigenvalue weighted by Crippen LogP contribution is 2.43. The standard InChI is InChI=1S/C26H17F6N5O4S/c1-9-12(7-37(2)36-9)11-5-15(23(31)32)34-26-17(11)20(22(42-26)24(33)38)35-25(39)16-4-3-10(41-16)8-40-21-18(29)13(27)6-14(28)19(21)30/h3-7,23H,8H2,1-2H3,(H2,33,38)(H,35,39). The number of nitrogens with two attached hydrogens (primary N) is 1. The number of anilines is 1. The van der Waals surface area contributed by atoms with Gasteiger partial charge in [-0.1, -0.05) is 0 Å². The molecule has 0 saturated carbocycles. The van der Waals surface area contributed by atoms with Crippen LogP contribution in [0.1, 0.15) is 43.8 Å². The molecule has 5 aromatic rings. The number of thiophene rings is 1. The van der Waals surface area contributed by atoms with Crippen LogP contribution in [-0.4, -0.2) is 26.6 Å². The van der Waals surface area contributed by atoms with Crippen LogP contribution in [0.2, 0.25) is 0 Å². The van der Waals surface area contributed by atoms with Crippen molar-refractivity contribution in [2.24, 2.45) is 12.8 Å². The first-order valence-electron chi connectivity index (χ1n) is 11.8. The highest BCUT2D eigenvalue weighted by Gasteiger charge is 2.27. The van der Waals surface area contributed by atoms with E-state index in [1.807, 2.05) is 0 Å². The first-order chi connectivity index (χ1) is 19.8. The first-order valence-corrected chi connectivity index (χ1v) is 12.6. The maximum atomic E-state index is 13.9. The van der Waals surface area contributed by atoms with E-state index in [2.05, 4.69) is 15.4 Å². The van der Waals surface area contributed by atoms with E-state index in [4.69, 9.17) is 14.9 Å². The minimum Gasteiger partial charge on any atom is -0.479 e. The average Bonchev–Trinajstić information content (AvgIpc) is 3.64. The number of hydrogen-bond acceptors (Lipinski definition) is 7. The number of alkyl halides is 2. The number of rotatable bonds is 8. The molecule has 0 aliphatic carbocycles. The van der Waals surface area contributed by atoms with Crippen LogP contribution in [0.5, 0.6) is 5.75 Å². The molecular formula is C26H17F6N5O4S. The van der Waals surface area contributed by atoms with E-state index in [9.17, 15) is 35.9 Å². The number of hydrogen-bond donors (Lipinski definition) is 2. The van der Waals surface area contributed by atoms with E-state index in [1.54, 1.807) is 20.2 Å². The van der Waals surface area contributed by atoms with Crippen molar-refractivity contribution in [1.82, 2.24) is 14.8 Å². The Morgan fingerprint density at radius 2 is 1.81 bits per heavy atom. The summed E-state index contributed by atoms with van der Waals surface area (Å²) in [7, 11) is 1.62. The number of furan rings is 1. The molecule has 1 aromatic carbocycles. The monoisotopic (exact) mass is 609 g/mol.